The van der Waals surface area contributed by atoms with Crippen molar-refractivity contribution in [2.45, 2.75) is 20.4 Å². The van der Waals surface area contributed by atoms with Crippen molar-refractivity contribution in [2.24, 2.45) is 7.05 Å². The van der Waals surface area contributed by atoms with Crippen LogP contribution >= 0.6 is 11.3 Å². The second kappa shape index (κ2) is 6.96. The zero-order valence-corrected chi connectivity index (χ0v) is 16.3. The Kier molecular flexibility index (Phi) is 4.49. The van der Waals surface area contributed by atoms with E-state index in [1.165, 1.54) is 5.56 Å². The van der Waals surface area contributed by atoms with Crippen molar-refractivity contribution in [3.05, 3.63) is 77.1 Å². The van der Waals surface area contributed by atoms with E-state index in [9.17, 15) is 4.79 Å². The maximum absolute atomic E-state index is 13.3. The third kappa shape index (κ3) is 3.24. The number of carbonyl (C=O) groups is 1. The molecule has 0 aliphatic heterocycles. The van der Waals surface area contributed by atoms with Gasteiger partial charge in [-0.05, 0) is 42.7 Å². The fourth-order valence-electron chi connectivity index (χ4n) is 3.04. The number of thiazole rings is 1. The van der Waals surface area contributed by atoms with E-state index in [1.807, 2.05) is 30.3 Å². The fourth-order valence-corrected chi connectivity index (χ4v) is 4.07. The van der Waals surface area contributed by atoms with Crippen LogP contribution in [0.25, 0.3) is 10.2 Å². The first-order valence-electron chi connectivity index (χ1n) is 8.75. The standard InChI is InChI=1S/C21H20N4OS/c1-14-9-10-18-19(15(14)2)23-21(27-18)25(13-16-7-5-4-6-8-16)20(26)17-11-12-22-24(17)3/h4-12H,13H2,1-3H3. The molecular formula is C21H20N4OS. The lowest BCUT2D eigenvalue weighted by Gasteiger charge is -2.20. The summed E-state index contributed by atoms with van der Waals surface area (Å²) in [5.74, 6) is -0.104. The predicted octanol–water partition coefficient (Wildman–Crippen LogP) is 4.49. The Balaban J connectivity index is 1.81. The van der Waals surface area contributed by atoms with Crippen LogP contribution in [-0.4, -0.2) is 20.7 Å². The normalized spacial score (nSPS) is 11.1. The van der Waals surface area contributed by atoms with Gasteiger partial charge in [-0.3, -0.25) is 14.4 Å². The Labute approximate surface area is 161 Å². The Morgan fingerprint density at radius 3 is 2.59 bits per heavy atom. The monoisotopic (exact) mass is 376 g/mol. The highest BCUT2D eigenvalue weighted by molar-refractivity contribution is 7.22. The molecule has 0 unspecified atom stereocenters. The van der Waals surface area contributed by atoms with Gasteiger partial charge in [0.05, 0.1) is 16.8 Å². The molecule has 0 spiro atoms. The van der Waals surface area contributed by atoms with Crippen molar-refractivity contribution in [3.8, 4) is 0 Å². The number of aryl methyl sites for hydroxylation is 3. The molecule has 0 aliphatic rings. The second-order valence-corrected chi connectivity index (χ2v) is 7.58. The number of hydrogen-bond donors (Lipinski definition) is 0. The lowest BCUT2D eigenvalue weighted by atomic mass is 10.1. The minimum absolute atomic E-state index is 0.104. The molecule has 2 heterocycles. The van der Waals surface area contributed by atoms with Crippen LogP contribution in [-0.2, 0) is 13.6 Å². The number of benzene rings is 2. The summed E-state index contributed by atoms with van der Waals surface area (Å²) in [6.45, 7) is 4.62. The van der Waals surface area contributed by atoms with Gasteiger partial charge < -0.3 is 0 Å². The molecule has 6 heteroatoms. The summed E-state index contributed by atoms with van der Waals surface area (Å²) in [5.41, 5.74) is 4.92. The average Bonchev–Trinajstić information content (AvgIpc) is 3.30. The van der Waals surface area contributed by atoms with Crippen molar-refractivity contribution in [1.82, 2.24) is 14.8 Å². The van der Waals surface area contributed by atoms with Crippen molar-refractivity contribution in [2.75, 3.05) is 4.90 Å². The molecule has 1 amide bonds. The molecule has 4 rings (SSSR count). The molecule has 0 saturated carbocycles. The molecule has 2 aromatic carbocycles. The van der Waals surface area contributed by atoms with Crippen molar-refractivity contribution >= 4 is 32.6 Å². The van der Waals surface area contributed by atoms with Gasteiger partial charge in [-0.15, -0.1) is 0 Å². The van der Waals surface area contributed by atoms with Crippen LogP contribution in [0.15, 0.2) is 54.7 Å². The van der Waals surface area contributed by atoms with E-state index in [2.05, 4.69) is 31.1 Å². The van der Waals surface area contributed by atoms with E-state index >= 15 is 0 Å². The van der Waals surface area contributed by atoms with Gasteiger partial charge in [-0.25, -0.2) is 4.98 Å². The van der Waals surface area contributed by atoms with Gasteiger partial charge in [-0.1, -0.05) is 47.7 Å². The van der Waals surface area contributed by atoms with Gasteiger partial charge in [0.25, 0.3) is 5.91 Å². The minimum Gasteiger partial charge on any atom is -0.278 e. The minimum atomic E-state index is -0.104. The molecule has 0 saturated heterocycles. The smallest absolute Gasteiger partial charge is 0.278 e. The van der Waals surface area contributed by atoms with E-state index in [0.717, 1.165) is 21.3 Å². The lowest BCUT2D eigenvalue weighted by Crippen LogP contribution is -2.31. The zero-order chi connectivity index (χ0) is 19.0. The number of rotatable bonds is 4. The topological polar surface area (TPSA) is 51.0 Å². The number of anilines is 1. The molecule has 0 aliphatic carbocycles. The van der Waals surface area contributed by atoms with Gasteiger partial charge in [0, 0.05) is 13.2 Å². The summed E-state index contributed by atoms with van der Waals surface area (Å²) in [7, 11) is 1.78. The Bertz CT molecular complexity index is 1110. The number of carbonyl (C=O) groups excluding carboxylic acids is 1. The van der Waals surface area contributed by atoms with Gasteiger partial charge >= 0.3 is 0 Å². The Hall–Kier alpha value is -2.99. The summed E-state index contributed by atoms with van der Waals surface area (Å²) in [4.78, 5) is 19.9. The predicted molar refractivity (Wildman–Crippen MR) is 109 cm³/mol. The molecular weight excluding hydrogens is 356 g/mol. The Morgan fingerprint density at radius 1 is 1.11 bits per heavy atom. The van der Waals surface area contributed by atoms with Crippen LogP contribution in [0.1, 0.15) is 27.2 Å². The summed E-state index contributed by atoms with van der Waals surface area (Å²) in [6.07, 6.45) is 1.64. The maximum Gasteiger partial charge on any atom is 0.278 e. The third-order valence-corrected chi connectivity index (χ3v) is 5.82. The third-order valence-electron chi connectivity index (χ3n) is 4.77. The second-order valence-electron chi connectivity index (χ2n) is 6.57. The molecule has 2 aromatic heterocycles. The van der Waals surface area contributed by atoms with Crippen LogP contribution in [0.3, 0.4) is 0 Å². The summed E-state index contributed by atoms with van der Waals surface area (Å²) < 4.78 is 2.69. The highest BCUT2D eigenvalue weighted by Crippen LogP contribution is 2.33. The number of aromatic nitrogens is 3. The zero-order valence-electron chi connectivity index (χ0n) is 15.5. The van der Waals surface area contributed by atoms with E-state index in [0.29, 0.717) is 17.4 Å². The van der Waals surface area contributed by atoms with Crippen molar-refractivity contribution < 1.29 is 4.79 Å². The van der Waals surface area contributed by atoms with E-state index in [-0.39, 0.29) is 5.91 Å². The number of fused-ring (bicyclic) bond motifs is 1. The molecule has 0 fully saturated rings. The van der Waals surface area contributed by atoms with Gasteiger partial charge in [0.15, 0.2) is 5.13 Å². The summed E-state index contributed by atoms with van der Waals surface area (Å²) in [5, 5.41) is 4.84. The SMILES string of the molecule is Cc1ccc2sc(N(Cc3ccccc3)C(=O)c3ccnn3C)nc2c1C. The van der Waals surface area contributed by atoms with E-state index in [4.69, 9.17) is 4.98 Å². The first kappa shape index (κ1) is 17.4. The van der Waals surface area contributed by atoms with Gasteiger partial charge in [0.2, 0.25) is 0 Å². The van der Waals surface area contributed by atoms with Crippen LogP contribution in [0, 0.1) is 13.8 Å². The average molecular weight is 376 g/mol. The van der Waals surface area contributed by atoms with Gasteiger partial charge in [0.1, 0.15) is 5.69 Å². The first-order chi connectivity index (χ1) is 13.0. The highest BCUT2D eigenvalue weighted by atomic mass is 32.1. The molecule has 0 radical (unpaired) electrons. The van der Waals surface area contributed by atoms with Crippen molar-refractivity contribution in [3.63, 3.8) is 0 Å². The van der Waals surface area contributed by atoms with Gasteiger partial charge in [-0.2, -0.15) is 5.10 Å². The molecule has 0 atom stereocenters. The molecule has 0 N–H and O–H groups in total. The number of nitrogens with zero attached hydrogens (tertiary/aromatic N) is 4. The Morgan fingerprint density at radius 2 is 1.89 bits per heavy atom. The van der Waals surface area contributed by atoms with Crippen LogP contribution in [0.2, 0.25) is 0 Å². The number of hydrogen-bond acceptors (Lipinski definition) is 4. The quantitative estimate of drug-likeness (QED) is 0.527. The fraction of sp³-hybridized carbons (Fsp3) is 0.190. The molecule has 27 heavy (non-hydrogen) atoms. The van der Waals surface area contributed by atoms with E-state index < -0.39 is 0 Å². The molecule has 5 nitrogen and oxygen atoms in total. The summed E-state index contributed by atoms with van der Waals surface area (Å²) in [6, 6.07) is 15.9. The van der Waals surface area contributed by atoms with Crippen LogP contribution < -0.4 is 4.90 Å². The molecule has 4 aromatic rings. The molecule has 136 valence electrons. The first-order valence-corrected chi connectivity index (χ1v) is 9.57. The van der Waals surface area contributed by atoms with E-state index in [1.54, 1.807) is 40.2 Å². The highest BCUT2D eigenvalue weighted by Gasteiger charge is 2.24. The number of amides is 1. The largest absolute Gasteiger partial charge is 0.278 e. The lowest BCUT2D eigenvalue weighted by molar-refractivity contribution is 0.0976. The van der Waals surface area contributed by atoms with Crippen molar-refractivity contribution in [1.29, 1.82) is 0 Å². The van der Waals surface area contributed by atoms with Crippen LogP contribution in [0.4, 0.5) is 5.13 Å². The maximum atomic E-state index is 13.3. The molecule has 0 bridgehead atoms. The summed E-state index contributed by atoms with van der Waals surface area (Å²) >= 11 is 1.54. The van der Waals surface area contributed by atoms with Crippen LogP contribution in [0.5, 0.6) is 0 Å².